The van der Waals surface area contributed by atoms with E-state index in [1.807, 2.05) is 6.92 Å². The summed E-state index contributed by atoms with van der Waals surface area (Å²) < 4.78 is 10.9. The van der Waals surface area contributed by atoms with Crippen LogP contribution in [0, 0.1) is 5.92 Å². The van der Waals surface area contributed by atoms with Gasteiger partial charge in [0, 0.05) is 4.88 Å². The molecule has 3 N–H and O–H groups in total. The average Bonchev–Trinajstić information content (AvgIpc) is 2.98. The first-order valence-electron chi connectivity index (χ1n) is 9.07. The molecule has 1 aliphatic rings. The maximum Gasteiger partial charge on any atom is 0.262 e. The number of hydrogen-bond donors (Lipinski definition) is 2. The summed E-state index contributed by atoms with van der Waals surface area (Å²) in [5.74, 6) is 1.08. The molecule has 1 aliphatic carbocycles. The maximum atomic E-state index is 12.3. The van der Waals surface area contributed by atoms with Crippen molar-refractivity contribution in [2.45, 2.75) is 33.1 Å². The van der Waals surface area contributed by atoms with E-state index in [2.05, 4.69) is 12.2 Å². The number of nitrogens with two attached hydrogens (primary N) is 1. The second-order valence-corrected chi connectivity index (χ2v) is 7.77. The van der Waals surface area contributed by atoms with Gasteiger partial charge in [-0.2, -0.15) is 0 Å². The van der Waals surface area contributed by atoms with E-state index in [1.165, 1.54) is 11.3 Å². The molecule has 144 valence electrons. The van der Waals surface area contributed by atoms with E-state index in [9.17, 15) is 9.59 Å². The molecule has 7 heteroatoms. The maximum absolute atomic E-state index is 12.3. The minimum atomic E-state index is -0.496. The third-order valence-corrected chi connectivity index (χ3v) is 5.69. The minimum absolute atomic E-state index is 0.148. The van der Waals surface area contributed by atoms with Crippen molar-refractivity contribution in [3.05, 3.63) is 40.3 Å². The van der Waals surface area contributed by atoms with Gasteiger partial charge in [-0.1, -0.05) is 6.92 Å². The second kappa shape index (κ2) is 8.43. The van der Waals surface area contributed by atoms with Gasteiger partial charge < -0.3 is 20.5 Å². The van der Waals surface area contributed by atoms with E-state index in [0.29, 0.717) is 28.8 Å². The van der Waals surface area contributed by atoms with Crippen molar-refractivity contribution in [2.75, 3.05) is 18.5 Å². The molecular formula is C20H24N2O4S. The summed E-state index contributed by atoms with van der Waals surface area (Å²) in [6.07, 6.45) is 2.76. The SMILES string of the molecule is CCOc1ccc(OCC(=O)Nc2sc3c(c2C(N)=O)CCC(C)C3)cc1. The predicted molar refractivity (Wildman–Crippen MR) is 106 cm³/mol. The minimum Gasteiger partial charge on any atom is -0.494 e. The van der Waals surface area contributed by atoms with Gasteiger partial charge in [-0.3, -0.25) is 9.59 Å². The van der Waals surface area contributed by atoms with Crippen molar-refractivity contribution in [1.82, 2.24) is 0 Å². The van der Waals surface area contributed by atoms with Gasteiger partial charge in [-0.05, 0) is 61.9 Å². The van der Waals surface area contributed by atoms with E-state index < -0.39 is 5.91 Å². The molecule has 1 aromatic carbocycles. The number of ether oxygens (including phenoxy) is 2. The first kappa shape index (κ1) is 19.2. The number of rotatable bonds is 7. The lowest BCUT2D eigenvalue weighted by molar-refractivity contribution is -0.118. The van der Waals surface area contributed by atoms with Crippen LogP contribution >= 0.6 is 11.3 Å². The first-order chi connectivity index (χ1) is 13.0. The number of benzene rings is 1. The third kappa shape index (κ3) is 4.60. The summed E-state index contributed by atoms with van der Waals surface area (Å²) >= 11 is 1.45. The largest absolute Gasteiger partial charge is 0.494 e. The number of nitrogens with one attached hydrogen (secondary N) is 1. The highest BCUT2D eigenvalue weighted by atomic mass is 32.1. The van der Waals surface area contributed by atoms with Crippen LogP contribution in [0.25, 0.3) is 0 Å². The molecule has 1 heterocycles. The second-order valence-electron chi connectivity index (χ2n) is 6.66. The van der Waals surface area contributed by atoms with Crippen LogP contribution in [0.15, 0.2) is 24.3 Å². The monoisotopic (exact) mass is 388 g/mol. The van der Waals surface area contributed by atoms with Crippen molar-refractivity contribution >= 4 is 28.2 Å². The molecule has 2 amide bonds. The van der Waals surface area contributed by atoms with Gasteiger partial charge in [0.15, 0.2) is 6.61 Å². The molecule has 27 heavy (non-hydrogen) atoms. The van der Waals surface area contributed by atoms with Crippen LogP contribution in [0.2, 0.25) is 0 Å². The molecule has 0 fully saturated rings. The molecular weight excluding hydrogens is 364 g/mol. The van der Waals surface area contributed by atoms with Crippen molar-refractivity contribution < 1.29 is 19.1 Å². The van der Waals surface area contributed by atoms with Crippen LogP contribution in [-0.2, 0) is 17.6 Å². The quantitative estimate of drug-likeness (QED) is 0.761. The smallest absolute Gasteiger partial charge is 0.262 e. The summed E-state index contributed by atoms with van der Waals surface area (Å²) in [6, 6.07) is 7.07. The van der Waals surface area contributed by atoms with Gasteiger partial charge in [-0.25, -0.2) is 0 Å². The highest BCUT2D eigenvalue weighted by molar-refractivity contribution is 7.17. The third-order valence-electron chi connectivity index (χ3n) is 4.52. The summed E-state index contributed by atoms with van der Waals surface area (Å²) in [4.78, 5) is 25.4. The Hall–Kier alpha value is -2.54. The molecule has 0 saturated carbocycles. The van der Waals surface area contributed by atoms with E-state index in [4.69, 9.17) is 15.2 Å². The van der Waals surface area contributed by atoms with Crippen LogP contribution in [0.1, 0.15) is 41.1 Å². The highest BCUT2D eigenvalue weighted by Gasteiger charge is 2.27. The average molecular weight is 388 g/mol. The van der Waals surface area contributed by atoms with Crippen molar-refractivity contribution in [1.29, 1.82) is 0 Å². The lowest BCUT2D eigenvalue weighted by Crippen LogP contribution is -2.22. The summed E-state index contributed by atoms with van der Waals surface area (Å²) in [7, 11) is 0. The topological polar surface area (TPSA) is 90.7 Å². The van der Waals surface area contributed by atoms with Crippen LogP contribution in [0.5, 0.6) is 11.5 Å². The predicted octanol–water partition coefficient (Wildman–Crippen LogP) is 3.39. The fraction of sp³-hybridized carbons (Fsp3) is 0.400. The van der Waals surface area contributed by atoms with E-state index in [-0.39, 0.29) is 12.5 Å². The van der Waals surface area contributed by atoms with Gasteiger partial charge >= 0.3 is 0 Å². The Morgan fingerprint density at radius 1 is 1.22 bits per heavy atom. The van der Waals surface area contributed by atoms with Crippen molar-refractivity contribution in [2.24, 2.45) is 11.7 Å². The number of carbonyl (C=O) groups excluding carboxylic acids is 2. The normalized spacial score (nSPS) is 15.7. The summed E-state index contributed by atoms with van der Waals surface area (Å²) in [6.45, 7) is 4.55. The van der Waals surface area contributed by atoms with Gasteiger partial charge in [-0.15, -0.1) is 11.3 Å². The Bertz CT molecular complexity index is 829. The Balaban J connectivity index is 1.64. The van der Waals surface area contributed by atoms with E-state index in [1.54, 1.807) is 24.3 Å². The molecule has 1 unspecified atom stereocenters. The number of anilines is 1. The Labute approximate surface area is 162 Å². The fourth-order valence-electron chi connectivity index (χ4n) is 3.21. The number of hydrogen-bond acceptors (Lipinski definition) is 5. The molecule has 6 nitrogen and oxygen atoms in total. The Kier molecular flexibility index (Phi) is 6.01. The zero-order valence-corrected chi connectivity index (χ0v) is 16.4. The molecule has 3 rings (SSSR count). The fourth-order valence-corrected chi connectivity index (χ4v) is 4.64. The Morgan fingerprint density at radius 2 is 1.89 bits per heavy atom. The molecule has 1 aromatic heterocycles. The summed E-state index contributed by atoms with van der Waals surface area (Å²) in [5, 5.41) is 3.32. The van der Waals surface area contributed by atoms with Crippen LogP contribution in [-0.4, -0.2) is 25.0 Å². The lowest BCUT2D eigenvalue weighted by Gasteiger charge is -2.18. The van der Waals surface area contributed by atoms with Crippen molar-refractivity contribution in [3.8, 4) is 11.5 Å². The molecule has 0 bridgehead atoms. The standard InChI is InChI=1S/C20H24N2O4S/c1-3-25-13-5-7-14(8-6-13)26-11-17(23)22-20-18(19(21)24)15-9-4-12(2)10-16(15)27-20/h5-8,12H,3-4,9-11H2,1-2H3,(H2,21,24)(H,22,23). The lowest BCUT2D eigenvalue weighted by atomic mass is 9.88. The van der Waals surface area contributed by atoms with E-state index in [0.717, 1.165) is 35.5 Å². The van der Waals surface area contributed by atoms with Gasteiger partial charge in [0.05, 0.1) is 12.2 Å². The number of primary amides is 1. The highest BCUT2D eigenvalue weighted by Crippen LogP contribution is 2.39. The van der Waals surface area contributed by atoms with Gasteiger partial charge in [0.25, 0.3) is 11.8 Å². The molecule has 0 radical (unpaired) electrons. The van der Waals surface area contributed by atoms with E-state index >= 15 is 0 Å². The summed E-state index contributed by atoms with van der Waals surface area (Å²) in [5.41, 5.74) is 7.02. The zero-order chi connectivity index (χ0) is 19.4. The zero-order valence-electron chi connectivity index (χ0n) is 15.5. The molecule has 0 spiro atoms. The Morgan fingerprint density at radius 3 is 2.52 bits per heavy atom. The number of fused-ring (bicyclic) bond motifs is 1. The number of amides is 2. The number of carbonyl (C=O) groups is 2. The van der Waals surface area contributed by atoms with Crippen LogP contribution in [0.4, 0.5) is 5.00 Å². The number of thiophene rings is 1. The van der Waals surface area contributed by atoms with Gasteiger partial charge in [0.2, 0.25) is 0 Å². The molecule has 0 saturated heterocycles. The van der Waals surface area contributed by atoms with Crippen LogP contribution < -0.4 is 20.5 Å². The molecule has 2 aromatic rings. The van der Waals surface area contributed by atoms with Gasteiger partial charge in [0.1, 0.15) is 16.5 Å². The molecule has 0 aliphatic heterocycles. The first-order valence-corrected chi connectivity index (χ1v) is 9.89. The van der Waals surface area contributed by atoms with Crippen molar-refractivity contribution in [3.63, 3.8) is 0 Å². The molecule has 1 atom stereocenters. The van der Waals surface area contributed by atoms with Crippen LogP contribution in [0.3, 0.4) is 0 Å².